The Hall–Kier alpha value is -1.70. The van der Waals surface area contributed by atoms with Crippen LogP contribution >= 0.6 is 11.3 Å². The Bertz CT molecular complexity index is 519. The minimum absolute atomic E-state index is 0.172. The molecular weight excluding hydrogens is 240 g/mol. The summed E-state index contributed by atoms with van der Waals surface area (Å²) < 4.78 is 1.67. The van der Waals surface area contributed by atoms with Crippen LogP contribution in [-0.4, -0.2) is 32.4 Å². The van der Waals surface area contributed by atoms with Crippen LogP contribution in [0, 0.1) is 6.92 Å². The van der Waals surface area contributed by atoms with Gasteiger partial charge in [-0.05, 0) is 13.3 Å². The summed E-state index contributed by atoms with van der Waals surface area (Å²) in [6.07, 6.45) is 0.920. The Balaban J connectivity index is 1.92. The molecule has 0 radical (unpaired) electrons. The number of nitrogens with one attached hydrogen (secondary N) is 2. The van der Waals surface area contributed by atoms with Crippen molar-refractivity contribution < 1.29 is 4.79 Å². The highest BCUT2D eigenvalue weighted by molar-refractivity contribution is 7.16. The van der Waals surface area contributed by atoms with E-state index >= 15 is 0 Å². The maximum atomic E-state index is 11.3. The molecule has 0 aliphatic rings. The van der Waals surface area contributed by atoms with Gasteiger partial charge in [-0.1, -0.05) is 18.3 Å². The van der Waals surface area contributed by atoms with E-state index in [1.165, 1.54) is 11.3 Å². The third-order valence-corrected chi connectivity index (χ3v) is 3.02. The van der Waals surface area contributed by atoms with Crippen molar-refractivity contribution in [2.24, 2.45) is 0 Å². The van der Waals surface area contributed by atoms with Crippen LogP contribution in [0.3, 0.4) is 0 Å². The number of rotatable bonds is 4. The van der Waals surface area contributed by atoms with Crippen molar-refractivity contribution in [2.75, 3.05) is 6.54 Å². The number of amides is 2. The van der Waals surface area contributed by atoms with E-state index in [-0.39, 0.29) is 6.03 Å². The van der Waals surface area contributed by atoms with Gasteiger partial charge in [0.15, 0.2) is 5.82 Å². The predicted octanol–water partition coefficient (Wildman–Crippen LogP) is 0.703. The molecular formula is C9H14N6OS. The second-order valence-corrected chi connectivity index (χ2v) is 4.59. The van der Waals surface area contributed by atoms with Crippen LogP contribution in [0.15, 0.2) is 0 Å². The van der Waals surface area contributed by atoms with Crippen molar-refractivity contribution in [2.45, 2.75) is 26.8 Å². The Morgan fingerprint density at radius 3 is 2.94 bits per heavy atom. The first-order chi connectivity index (χ1) is 8.20. The molecule has 0 saturated carbocycles. The second kappa shape index (κ2) is 5.09. The zero-order chi connectivity index (χ0) is 12.3. The van der Waals surface area contributed by atoms with E-state index in [0.717, 1.165) is 22.2 Å². The van der Waals surface area contributed by atoms with Crippen molar-refractivity contribution in [3.05, 3.63) is 10.8 Å². The summed E-state index contributed by atoms with van der Waals surface area (Å²) in [6, 6.07) is -0.172. The molecule has 0 bridgehead atoms. The smallest absolute Gasteiger partial charge is 0.315 e. The van der Waals surface area contributed by atoms with E-state index in [9.17, 15) is 4.79 Å². The van der Waals surface area contributed by atoms with Crippen LogP contribution in [0.2, 0.25) is 0 Å². The molecule has 2 N–H and O–H groups in total. The molecule has 2 aromatic rings. The first-order valence-corrected chi connectivity index (χ1v) is 6.21. The van der Waals surface area contributed by atoms with Gasteiger partial charge in [0.1, 0.15) is 5.01 Å². The monoisotopic (exact) mass is 254 g/mol. The van der Waals surface area contributed by atoms with Gasteiger partial charge in [0.2, 0.25) is 4.96 Å². The average Bonchev–Trinajstić information content (AvgIpc) is 2.86. The fourth-order valence-corrected chi connectivity index (χ4v) is 2.10. The zero-order valence-corrected chi connectivity index (χ0v) is 10.5. The molecule has 7 nitrogen and oxygen atoms in total. The van der Waals surface area contributed by atoms with E-state index < -0.39 is 0 Å². The molecule has 8 heteroatoms. The SMILES string of the molecule is CCCNC(=O)NCc1nn2c(C)nnc2s1. The summed E-state index contributed by atoms with van der Waals surface area (Å²) in [5.74, 6) is 0.748. The van der Waals surface area contributed by atoms with E-state index in [0.29, 0.717) is 13.1 Å². The van der Waals surface area contributed by atoms with E-state index in [1.807, 2.05) is 13.8 Å². The van der Waals surface area contributed by atoms with Gasteiger partial charge >= 0.3 is 6.03 Å². The Morgan fingerprint density at radius 2 is 2.24 bits per heavy atom. The number of aromatic nitrogens is 4. The van der Waals surface area contributed by atoms with Crippen LogP contribution in [0.5, 0.6) is 0 Å². The lowest BCUT2D eigenvalue weighted by Crippen LogP contribution is -2.35. The highest BCUT2D eigenvalue weighted by atomic mass is 32.1. The van der Waals surface area contributed by atoms with Gasteiger partial charge < -0.3 is 10.6 Å². The Labute approximate surface area is 102 Å². The maximum Gasteiger partial charge on any atom is 0.315 e. The molecule has 0 saturated heterocycles. The molecule has 0 spiro atoms. The molecule has 2 amide bonds. The lowest BCUT2D eigenvalue weighted by molar-refractivity contribution is 0.240. The van der Waals surface area contributed by atoms with Crippen molar-refractivity contribution >= 4 is 22.3 Å². The summed E-state index contributed by atoms with van der Waals surface area (Å²) in [5.41, 5.74) is 0. The number of nitrogens with zero attached hydrogens (tertiary/aromatic N) is 4. The molecule has 2 aromatic heterocycles. The van der Waals surface area contributed by atoms with Crippen molar-refractivity contribution in [3.8, 4) is 0 Å². The molecule has 0 atom stereocenters. The Morgan fingerprint density at radius 1 is 1.41 bits per heavy atom. The minimum Gasteiger partial charge on any atom is -0.338 e. The summed E-state index contributed by atoms with van der Waals surface area (Å²) in [4.78, 5) is 12.1. The van der Waals surface area contributed by atoms with Gasteiger partial charge in [-0.15, -0.1) is 10.2 Å². The van der Waals surface area contributed by atoms with Crippen LogP contribution < -0.4 is 10.6 Å². The van der Waals surface area contributed by atoms with Crippen LogP contribution in [0.4, 0.5) is 4.79 Å². The van der Waals surface area contributed by atoms with Crippen LogP contribution in [0.1, 0.15) is 24.2 Å². The molecule has 0 unspecified atom stereocenters. The minimum atomic E-state index is -0.172. The average molecular weight is 254 g/mol. The molecule has 0 fully saturated rings. The number of carbonyl (C=O) groups is 1. The van der Waals surface area contributed by atoms with E-state index in [4.69, 9.17) is 0 Å². The van der Waals surface area contributed by atoms with Gasteiger partial charge in [-0.2, -0.15) is 9.61 Å². The maximum absolute atomic E-state index is 11.3. The third kappa shape index (κ3) is 2.70. The zero-order valence-electron chi connectivity index (χ0n) is 9.73. The number of urea groups is 1. The van der Waals surface area contributed by atoms with Crippen LogP contribution in [0.25, 0.3) is 4.96 Å². The van der Waals surface area contributed by atoms with Gasteiger partial charge in [0.05, 0.1) is 6.54 Å². The fraction of sp³-hybridized carbons (Fsp3) is 0.556. The fourth-order valence-electron chi connectivity index (χ4n) is 1.28. The summed E-state index contributed by atoms with van der Waals surface area (Å²) in [7, 11) is 0. The van der Waals surface area contributed by atoms with Gasteiger partial charge in [0.25, 0.3) is 0 Å². The highest BCUT2D eigenvalue weighted by Crippen LogP contribution is 2.12. The second-order valence-electron chi connectivity index (χ2n) is 3.55. The number of carbonyl (C=O) groups excluding carboxylic acids is 1. The normalized spacial score (nSPS) is 10.7. The number of aryl methyl sites for hydroxylation is 1. The van der Waals surface area contributed by atoms with Crippen molar-refractivity contribution in [3.63, 3.8) is 0 Å². The topological polar surface area (TPSA) is 84.2 Å². The molecule has 2 rings (SSSR count). The van der Waals surface area contributed by atoms with Crippen LogP contribution in [-0.2, 0) is 6.54 Å². The first-order valence-electron chi connectivity index (χ1n) is 5.40. The predicted molar refractivity (Wildman–Crippen MR) is 63.9 cm³/mol. The van der Waals surface area contributed by atoms with E-state index in [1.54, 1.807) is 4.52 Å². The Kier molecular flexibility index (Phi) is 3.52. The lowest BCUT2D eigenvalue weighted by atomic mass is 10.5. The number of hydrogen-bond acceptors (Lipinski definition) is 5. The third-order valence-electron chi connectivity index (χ3n) is 2.12. The molecule has 0 aliphatic carbocycles. The number of fused-ring (bicyclic) bond motifs is 1. The molecule has 0 aliphatic heterocycles. The lowest BCUT2D eigenvalue weighted by Gasteiger charge is -2.03. The summed E-state index contributed by atoms with van der Waals surface area (Å²) in [5, 5.41) is 18.4. The highest BCUT2D eigenvalue weighted by Gasteiger charge is 2.09. The molecule has 2 heterocycles. The largest absolute Gasteiger partial charge is 0.338 e. The molecule has 0 aromatic carbocycles. The van der Waals surface area contributed by atoms with Crippen molar-refractivity contribution in [1.82, 2.24) is 30.4 Å². The first kappa shape index (κ1) is 11.8. The standard InChI is InChI=1S/C9H14N6OS/c1-3-4-10-8(16)11-5-7-14-15-6(2)12-13-9(15)17-7/h3-5H2,1-2H3,(H2,10,11,16). The quantitative estimate of drug-likeness (QED) is 0.841. The van der Waals surface area contributed by atoms with Gasteiger partial charge in [0, 0.05) is 6.54 Å². The van der Waals surface area contributed by atoms with Gasteiger partial charge in [-0.25, -0.2) is 4.79 Å². The van der Waals surface area contributed by atoms with Crippen molar-refractivity contribution in [1.29, 1.82) is 0 Å². The van der Waals surface area contributed by atoms with Gasteiger partial charge in [-0.3, -0.25) is 0 Å². The molecule has 92 valence electrons. The summed E-state index contributed by atoms with van der Waals surface area (Å²) in [6.45, 7) is 4.93. The summed E-state index contributed by atoms with van der Waals surface area (Å²) >= 11 is 1.42. The van der Waals surface area contributed by atoms with E-state index in [2.05, 4.69) is 25.9 Å². The number of hydrogen-bond donors (Lipinski definition) is 2. The molecule has 17 heavy (non-hydrogen) atoms.